The van der Waals surface area contributed by atoms with Crippen LogP contribution in [-0.4, -0.2) is 18.2 Å². The zero-order valence-corrected chi connectivity index (χ0v) is 9.80. The third-order valence-electron chi connectivity index (χ3n) is 2.56. The summed E-state index contributed by atoms with van der Waals surface area (Å²) in [6, 6.07) is 5.64. The number of aryl methyl sites for hydroxylation is 1. The molecule has 0 spiro atoms. The lowest BCUT2D eigenvalue weighted by Crippen LogP contribution is -2.05. The Hall–Kier alpha value is -2.30. The van der Waals surface area contributed by atoms with Crippen LogP contribution in [0.25, 0.3) is 11.0 Å². The molecule has 1 aromatic carbocycles. The topological polar surface area (TPSA) is 76.7 Å². The molecule has 1 heterocycles. The minimum atomic E-state index is -0.358. The molecule has 0 unspecified atom stereocenters. The van der Waals surface area contributed by atoms with Gasteiger partial charge in [-0.1, -0.05) is 0 Å². The number of esters is 1. The molecule has 5 heteroatoms. The molecule has 0 aliphatic heterocycles. The normalized spacial score (nSPS) is 10.5. The molecule has 0 aliphatic carbocycles. The van der Waals surface area contributed by atoms with Crippen LogP contribution >= 0.6 is 0 Å². The first-order valence-corrected chi connectivity index (χ1v) is 5.42. The van der Waals surface area contributed by atoms with Crippen molar-refractivity contribution in [1.29, 1.82) is 0 Å². The van der Waals surface area contributed by atoms with E-state index in [1.165, 1.54) is 31.4 Å². The molecule has 0 bridgehead atoms. The first kappa shape index (κ1) is 12.2. The van der Waals surface area contributed by atoms with Crippen molar-refractivity contribution >= 4 is 16.9 Å². The molecule has 0 aliphatic rings. The van der Waals surface area contributed by atoms with Crippen molar-refractivity contribution in [3.63, 3.8) is 0 Å². The minimum Gasteiger partial charge on any atom is -0.508 e. The van der Waals surface area contributed by atoms with Gasteiger partial charge in [-0.2, -0.15) is 0 Å². The fourth-order valence-corrected chi connectivity index (χ4v) is 1.64. The number of benzene rings is 1. The molecule has 0 atom stereocenters. The van der Waals surface area contributed by atoms with Gasteiger partial charge in [-0.25, -0.2) is 0 Å². The summed E-state index contributed by atoms with van der Waals surface area (Å²) < 4.78 is 9.99. The lowest BCUT2D eigenvalue weighted by atomic mass is 10.2. The van der Waals surface area contributed by atoms with Gasteiger partial charge in [0.15, 0.2) is 5.43 Å². The van der Waals surface area contributed by atoms with Gasteiger partial charge in [0, 0.05) is 12.5 Å². The van der Waals surface area contributed by atoms with Gasteiger partial charge in [0.1, 0.15) is 17.1 Å². The Kier molecular flexibility index (Phi) is 3.32. The first-order valence-electron chi connectivity index (χ1n) is 5.42. The molecule has 5 nitrogen and oxygen atoms in total. The smallest absolute Gasteiger partial charge is 0.305 e. The van der Waals surface area contributed by atoms with Crippen LogP contribution in [0.2, 0.25) is 0 Å². The summed E-state index contributed by atoms with van der Waals surface area (Å²) in [6.07, 6.45) is 0.460. The van der Waals surface area contributed by atoms with Gasteiger partial charge in [-0.05, 0) is 18.2 Å². The van der Waals surface area contributed by atoms with Gasteiger partial charge in [-0.3, -0.25) is 9.59 Å². The van der Waals surface area contributed by atoms with Crippen molar-refractivity contribution < 1.29 is 19.1 Å². The monoisotopic (exact) mass is 248 g/mol. The van der Waals surface area contributed by atoms with Gasteiger partial charge in [0.05, 0.1) is 18.9 Å². The summed E-state index contributed by atoms with van der Waals surface area (Å²) in [5, 5.41) is 9.61. The van der Waals surface area contributed by atoms with Gasteiger partial charge in [-0.15, -0.1) is 0 Å². The Bertz CT molecular complexity index is 641. The van der Waals surface area contributed by atoms with E-state index in [-0.39, 0.29) is 23.6 Å². The highest BCUT2D eigenvalue weighted by atomic mass is 16.5. The predicted octanol–water partition coefficient (Wildman–Crippen LogP) is 1.60. The molecule has 0 fully saturated rings. The molecule has 1 N–H and O–H groups in total. The van der Waals surface area contributed by atoms with Crippen molar-refractivity contribution in [1.82, 2.24) is 0 Å². The molecule has 94 valence electrons. The van der Waals surface area contributed by atoms with Crippen LogP contribution < -0.4 is 5.43 Å². The van der Waals surface area contributed by atoms with E-state index in [1.807, 2.05) is 0 Å². The van der Waals surface area contributed by atoms with Gasteiger partial charge >= 0.3 is 5.97 Å². The number of aromatic hydroxyl groups is 1. The Morgan fingerprint density at radius 1 is 1.39 bits per heavy atom. The van der Waals surface area contributed by atoms with Crippen molar-refractivity contribution in [2.75, 3.05) is 7.11 Å². The minimum absolute atomic E-state index is 0.0112. The van der Waals surface area contributed by atoms with E-state index in [1.54, 1.807) is 0 Å². The number of hydrogen-bond acceptors (Lipinski definition) is 5. The average molecular weight is 248 g/mol. The Morgan fingerprint density at radius 2 is 2.17 bits per heavy atom. The van der Waals surface area contributed by atoms with Crippen LogP contribution in [0, 0.1) is 0 Å². The van der Waals surface area contributed by atoms with Crippen molar-refractivity contribution in [2.24, 2.45) is 0 Å². The summed E-state index contributed by atoms with van der Waals surface area (Å²) in [4.78, 5) is 22.8. The summed E-state index contributed by atoms with van der Waals surface area (Å²) >= 11 is 0. The predicted molar refractivity (Wildman–Crippen MR) is 64.5 cm³/mol. The molecule has 0 amide bonds. The molecule has 0 saturated heterocycles. The van der Waals surface area contributed by atoms with Crippen LogP contribution in [0.15, 0.2) is 33.5 Å². The molecule has 2 aromatic rings. The van der Waals surface area contributed by atoms with Crippen molar-refractivity contribution in [2.45, 2.75) is 12.8 Å². The van der Waals surface area contributed by atoms with E-state index in [0.29, 0.717) is 23.2 Å². The number of hydrogen-bond donors (Lipinski definition) is 1. The largest absolute Gasteiger partial charge is 0.508 e. The van der Waals surface area contributed by atoms with Gasteiger partial charge in [0.25, 0.3) is 0 Å². The lowest BCUT2D eigenvalue weighted by molar-refractivity contribution is -0.140. The number of phenols is 1. The number of carbonyl (C=O) groups excluding carboxylic acids is 1. The SMILES string of the molecule is COC(=O)CCc1cc(=O)c2cc(O)ccc2o1. The second kappa shape index (κ2) is 4.91. The third-order valence-corrected chi connectivity index (χ3v) is 2.56. The van der Waals surface area contributed by atoms with E-state index >= 15 is 0 Å². The third kappa shape index (κ3) is 2.51. The maximum Gasteiger partial charge on any atom is 0.305 e. The number of ether oxygens (including phenoxy) is 1. The summed E-state index contributed by atoms with van der Waals surface area (Å²) in [6.45, 7) is 0. The zero-order chi connectivity index (χ0) is 13.1. The van der Waals surface area contributed by atoms with Crippen LogP contribution in [0.4, 0.5) is 0 Å². The zero-order valence-electron chi connectivity index (χ0n) is 9.80. The second-order valence-electron chi connectivity index (χ2n) is 3.83. The molecule has 0 saturated carbocycles. The second-order valence-corrected chi connectivity index (χ2v) is 3.83. The number of fused-ring (bicyclic) bond motifs is 1. The van der Waals surface area contributed by atoms with Crippen molar-refractivity contribution in [3.8, 4) is 5.75 Å². The van der Waals surface area contributed by atoms with E-state index < -0.39 is 0 Å². The highest BCUT2D eigenvalue weighted by Crippen LogP contribution is 2.18. The Balaban J connectivity index is 2.34. The Labute approximate surface area is 103 Å². The quantitative estimate of drug-likeness (QED) is 0.835. The first-order chi connectivity index (χ1) is 8.60. The number of carbonyl (C=O) groups is 1. The van der Waals surface area contributed by atoms with Gasteiger partial charge < -0.3 is 14.3 Å². The molecule has 2 rings (SSSR count). The average Bonchev–Trinajstić information content (AvgIpc) is 2.37. The lowest BCUT2D eigenvalue weighted by Gasteiger charge is -2.02. The fourth-order valence-electron chi connectivity index (χ4n) is 1.64. The summed E-state index contributed by atoms with van der Waals surface area (Å²) in [5.41, 5.74) is 0.146. The van der Waals surface area contributed by atoms with Crippen LogP contribution in [0.1, 0.15) is 12.2 Å². The highest BCUT2D eigenvalue weighted by molar-refractivity contribution is 5.78. The maximum atomic E-state index is 11.8. The molecular formula is C13H12O5. The number of methoxy groups -OCH3 is 1. The van der Waals surface area contributed by atoms with E-state index in [0.717, 1.165) is 0 Å². The molecular weight excluding hydrogens is 236 g/mol. The molecule has 0 radical (unpaired) electrons. The highest BCUT2D eigenvalue weighted by Gasteiger charge is 2.08. The van der Waals surface area contributed by atoms with Crippen LogP contribution in [0.5, 0.6) is 5.75 Å². The molecule has 1 aromatic heterocycles. The van der Waals surface area contributed by atoms with Crippen LogP contribution in [-0.2, 0) is 16.0 Å². The number of phenolic OH excluding ortho intramolecular Hbond substituents is 1. The van der Waals surface area contributed by atoms with E-state index in [4.69, 9.17) is 4.42 Å². The Morgan fingerprint density at radius 3 is 2.89 bits per heavy atom. The fraction of sp³-hybridized carbons (Fsp3) is 0.231. The number of rotatable bonds is 3. The molecule has 18 heavy (non-hydrogen) atoms. The van der Waals surface area contributed by atoms with E-state index in [9.17, 15) is 14.7 Å². The summed E-state index contributed by atoms with van der Waals surface area (Å²) in [7, 11) is 1.31. The maximum absolute atomic E-state index is 11.8. The summed E-state index contributed by atoms with van der Waals surface area (Å²) in [5.74, 6) is 0.0733. The van der Waals surface area contributed by atoms with Crippen LogP contribution in [0.3, 0.4) is 0 Å². The van der Waals surface area contributed by atoms with Gasteiger partial charge in [0.2, 0.25) is 0 Å². The standard InChI is InChI=1S/C13H12O5/c1-17-13(16)5-3-9-7-11(15)10-6-8(14)2-4-12(10)18-9/h2,4,6-7,14H,3,5H2,1H3. The van der Waals surface area contributed by atoms with Crippen molar-refractivity contribution in [3.05, 3.63) is 40.2 Å². The van der Waals surface area contributed by atoms with E-state index in [2.05, 4.69) is 4.74 Å².